The first-order valence-electron chi connectivity index (χ1n) is 7.67. The first-order valence-corrected chi connectivity index (χ1v) is 9.07. The third-order valence-corrected chi connectivity index (χ3v) is 4.40. The molecule has 2 aromatic carbocycles. The molecule has 3 aromatic rings. The first-order chi connectivity index (χ1) is 11.7. The number of rotatable bonds is 6. The Bertz CT molecular complexity index is 799. The summed E-state index contributed by atoms with van der Waals surface area (Å²) in [4.78, 5) is 20.3. The Kier molecular flexibility index (Phi) is 5.15. The second-order valence-corrected chi connectivity index (χ2v) is 6.44. The second-order valence-electron chi connectivity index (χ2n) is 5.45. The van der Waals surface area contributed by atoms with Crippen molar-refractivity contribution in [2.75, 3.05) is 12.0 Å². The minimum absolute atomic E-state index is 0.220. The van der Waals surface area contributed by atoms with Gasteiger partial charge < -0.3 is 10.3 Å². The molecule has 0 aliphatic heterocycles. The van der Waals surface area contributed by atoms with Crippen LogP contribution in [-0.4, -0.2) is 27.9 Å². The fourth-order valence-corrected chi connectivity index (χ4v) is 2.96. The zero-order valence-corrected chi connectivity index (χ0v) is 14.1. The van der Waals surface area contributed by atoms with Crippen molar-refractivity contribution in [1.29, 1.82) is 0 Å². The van der Waals surface area contributed by atoms with Gasteiger partial charge in [0, 0.05) is 5.56 Å². The summed E-state index contributed by atoms with van der Waals surface area (Å²) in [6, 6.07) is 13.1. The summed E-state index contributed by atoms with van der Waals surface area (Å²) in [5, 5.41) is 3.00. The average molecular weight is 343 g/mol. The first kappa shape index (κ1) is 16.5. The van der Waals surface area contributed by atoms with Crippen LogP contribution >= 0.6 is 11.8 Å². The van der Waals surface area contributed by atoms with Crippen LogP contribution in [0.15, 0.2) is 48.5 Å². The van der Waals surface area contributed by atoms with Gasteiger partial charge in [-0.1, -0.05) is 12.1 Å². The van der Waals surface area contributed by atoms with Crippen LogP contribution in [0.3, 0.4) is 0 Å². The van der Waals surface area contributed by atoms with Crippen LogP contribution in [0.25, 0.3) is 11.0 Å². The molecule has 1 atom stereocenters. The van der Waals surface area contributed by atoms with Crippen molar-refractivity contribution in [3.05, 3.63) is 65.7 Å². The van der Waals surface area contributed by atoms with Crippen LogP contribution in [-0.2, 0) is 0 Å². The molecule has 1 aromatic heterocycles. The summed E-state index contributed by atoms with van der Waals surface area (Å²) in [5.74, 6) is 1.04. The van der Waals surface area contributed by atoms with Gasteiger partial charge in [0.15, 0.2) is 0 Å². The number of halogens is 1. The Morgan fingerprint density at radius 3 is 2.71 bits per heavy atom. The van der Waals surface area contributed by atoms with Crippen molar-refractivity contribution in [1.82, 2.24) is 15.3 Å². The van der Waals surface area contributed by atoms with E-state index in [0.717, 1.165) is 29.0 Å². The predicted molar refractivity (Wildman–Crippen MR) is 95.7 cm³/mol. The molecular weight excluding hydrogens is 325 g/mol. The molecule has 0 aliphatic rings. The Hall–Kier alpha value is -2.34. The van der Waals surface area contributed by atoms with Gasteiger partial charge in [0.25, 0.3) is 5.91 Å². The largest absolute Gasteiger partial charge is 0.342 e. The van der Waals surface area contributed by atoms with E-state index in [1.807, 2.05) is 30.5 Å². The zero-order chi connectivity index (χ0) is 16.9. The van der Waals surface area contributed by atoms with E-state index in [9.17, 15) is 9.18 Å². The average Bonchev–Trinajstić information content (AvgIpc) is 3.03. The van der Waals surface area contributed by atoms with Crippen LogP contribution in [0.5, 0.6) is 0 Å². The number of carbonyl (C=O) groups is 1. The SMILES string of the molecule is CSCC[C@@H](NC(=O)c1ccc(F)cc1)c1nc2ccccc2[nH]1. The molecule has 0 spiro atoms. The number of nitrogens with zero attached hydrogens (tertiary/aromatic N) is 1. The van der Waals surface area contributed by atoms with Crippen molar-refractivity contribution in [3.8, 4) is 0 Å². The molecule has 3 rings (SSSR count). The third kappa shape index (κ3) is 3.76. The number of thioether (sulfide) groups is 1. The summed E-state index contributed by atoms with van der Waals surface area (Å²) < 4.78 is 13.0. The maximum atomic E-state index is 13.0. The summed E-state index contributed by atoms with van der Waals surface area (Å²) >= 11 is 1.71. The van der Waals surface area contributed by atoms with Crippen molar-refractivity contribution in [3.63, 3.8) is 0 Å². The number of hydrogen-bond acceptors (Lipinski definition) is 3. The Morgan fingerprint density at radius 2 is 2.00 bits per heavy atom. The van der Waals surface area contributed by atoms with Crippen LogP contribution in [0.4, 0.5) is 4.39 Å². The van der Waals surface area contributed by atoms with Gasteiger partial charge in [-0.05, 0) is 54.8 Å². The normalized spacial score (nSPS) is 12.2. The highest BCUT2D eigenvalue weighted by atomic mass is 32.2. The fraction of sp³-hybridized carbons (Fsp3) is 0.222. The number of carbonyl (C=O) groups excluding carboxylic acids is 1. The zero-order valence-electron chi connectivity index (χ0n) is 13.3. The van der Waals surface area contributed by atoms with Crippen LogP contribution in [0, 0.1) is 5.82 Å². The summed E-state index contributed by atoms with van der Waals surface area (Å²) in [6.07, 6.45) is 2.78. The van der Waals surface area contributed by atoms with Gasteiger partial charge in [-0.3, -0.25) is 4.79 Å². The van der Waals surface area contributed by atoms with E-state index in [-0.39, 0.29) is 17.8 Å². The molecule has 6 heteroatoms. The Morgan fingerprint density at radius 1 is 1.25 bits per heavy atom. The maximum absolute atomic E-state index is 13.0. The second kappa shape index (κ2) is 7.49. The number of aromatic nitrogens is 2. The monoisotopic (exact) mass is 343 g/mol. The molecule has 0 aliphatic carbocycles. The number of benzene rings is 2. The number of imidazole rings is 1. The molecule has 0 fully saturated rings. The van der Waals surface area contributed by atoms with Crippen molar-refractivity contribution >= 4 is 28.7 Å². The molecular formula is C18H18FN3OS. The molecule has 24 heavy (non-hydrogen) atoms. The van der Waals surface area contributed by atoms with Gasteiger partial charge in [0.05, 0.1) is 17.1 Å². The minimum atomic E-state index is -0.359. The summed E-state index contributed by atoms with van der Waals surface area (Å²) in [5.41, 5.74) is 2.25. The molecule has 0 bridgehead atoms. The standard InChI is InChI=1S/C18H18FN3OS/c1-24-11-10-16(17-20-14-4-2-3-5-15(14)21-17)22-18(23)12-6-8-13(19)9-7-12/h2-9,16H,10-11H2,1H3,(H,20,21)(H,22,23)/t16-/m1/s1. The highest BCUT2D eigenvalue weighted by molar-refractivity contribution is 7.98. The van der Waals surface area contributed by atoms with E-state index in [1.54, 1.807) is 11.8 Å². The van der Waals surface area contributed by atoms with E-state index >= 15 is 0 Å². The van der Waals surface area contributed by atoms with E-state index in [4.69, 9.17) is 0 Å². The maximum Gasteiger partial charge on any atom is 0.251 e. The molecule has 1 amide bonds. The lowest BCUT2D eigenvalue weighted by Gasteiger charge is -2.16. The molecule has 0 saturated heterocycles. The topological polar surface area (TPSA) is 57.8 Å². The van der Waals surface area contributed by atoms with E-state index in [1.165, 1.54) is 24.3 Å². The van der Waals surface area contributed by atoms with Crippen LogP contribution in [0.2, 0.25) is 0 Å². The highest BCUT2D eigenvalue weighted by Gasteiger charge is 2.19. The smallest absolute Gasteiger partial charge is 0.251 e. The van der Waals surface area contributed by atoms with Crippen molar-refractivity contribution in [2.45, 2.75) is 12.5 Å². The number of nitrogens with one attached hydrogen (secondary N) is 2. The van der Waals surface area contributed by atoms with Crippen LogP contribution < -0.4 is 5.32 Å². The highest BCUT2D eigenvalue weighted by Crippen LogP contribution is 2.20. The summed E-state index contributed by atoms with van der Waals surface area (Å²) in [7, 11) is 0. The lowest BCUT2D eigenvalue weighted by Crippen LogP contribution is -2.29. The van der Waals surface area contributed by atoms with Crippen LogP contribution in [0.1, 0.15) is 28.6 Å². The van der Waals surface area contributed by atoms with E-state index in [0.29, 0.717) is 5.56 Å². The number of hydrogen-bond donors (Lipinski definition) is 2. The van der Waals surface area contributed by atoms with Crippen molar-refractivity contribution in [2.24, 2.45) is 0 Å². The molecule has 4 nitrogen and oxygen atoms in total. The number of fused-ring (bicyclic) bond motifs is 1. The molecule has 0 saturated carbocycles. The molecule has 0 radical (unpaired) electrons. The number of para-hydroxylation sites is 2. The van der Waals surface area contributed by atoms with Gasteiger partial charge in [-0.2, -0.15) is 11.8 Å². The summed E-state index contributed by atoms with van der Waals surface area (Å²) in [6.45, 7) is 0. The van der Waals surface area contributed by atoms with Gasteiger partial charge in [-0.15, -0.1) is 0 Å². The molecule has 124 valence electrons. The molecule has 2 N–H and O–H groups in total. The van der Waals surface area contributed by atoms with E-state index < -0.39 is 0 Å². The van der Waals surface area contributed by atoms with Gasteiger partial charge in [-0.25, -0.2) is 9.37 Å². The molecule has 1 heterocycles. The minimum Gasteiger partial charge on any atom is -0.342 e. The van der Waals surface area contributed by atoms with Gasteiger partial charge in [0.1, 0.15) is 11.6 Å². The van der Waals surface area contributed by atoms with Crippen molar-refractivity contribution < 1.29 is 9.18 Å². The quantitative estimate of drug-likeness (QED) is 0.713. The number of amides is 1. The van der Waals surface area contributed by atoms with Gasteiger partial charge >= 0.3 is 0 Å². The predicted octanol–water partition coefficient (Wildman–Crippen LogP) is 3.93. The Labute approximate surface area is 143 Å². The fourth-order valence-electron chi connectivity index (χ4n) is 2.49. The van der Waals surface area contributed by atoms with Gasteiger partial charge in [0.2, 0.25) is 0 Å². The lowest BCUT2D eigenvalue weighted by molar-refractivity contribution is 0.0934. The Balaban J connectivity index is 1.83. The lowest BCUT2D eigenvalue weighted by atomic mass is 10.1. The number of aromatic amines is 1. The number of H-pyrrole nitrogens is 1. The third-order valence-electron chi connectivity index (χ3n) is 3.76. The molecule has 0 unspecified atom stereocenters. The van der Waals surface area contributed by atoms with E-state index in [2.05, 4.69) is 15.3 Å².